The van der Waals surface area contributed by atoms with E-state index in [1.165, 1.54) is 12.7 Å². The van der Waals surface area contributed by atoms with Crippen LogP contribution in [-0.2, 0) is 14.9 Å². The van der Waals surface area contributed by atoms with Crippen LogP contribution in [-0.4, -0.2) is 25.6 Å². The molecule has 0 aromatic heterocycles. The summed E-state index contributed by atoms with van der Waals surface area (Å²) in [6, 6.07) is 12.8. The lowest BCUT2D eigenvalue weighted by atomic mass is 9.85. The Hall–Kier alpha value is -3.08. The number of carbonyl (C=O) groups is 2. The second kappa shape index (κ2) is 7.27. The summed E-state index contributed by atoms with van der Waals surface area (Å²) in [7, 11) is 1.31. The van der Waals surface area contributed by atoms with Gasteiger partial charge in [-0.15, -0.1) is 0 Å². The van der Waals surface area contributed by atoms with Crippen LogP contribution in [0.1, 0.15) is 42.3 Å². The number of amides is 1. The van der Waals surface area contributed by atoms with Crippen molar-refractivity contribution in [2.45, 2.75) is 26.2 Å². The highest BCUT2D eigenvalue weighted by Gasteiger charge is 2.22. The highest BCUT2D eigenvalue weighted by Crippen LogP contribution is 2.32. The first-order valence-corrected chi connectivity index (χ1v) is 8.76. The lowest BCUT2D eigenvalue weighted by Gasteiger charge is -2.23. The number of rotatable bonds is 3. The summed E-state index contributed by atoms with van der Waals surface area (Å²) in [4.78, 5) is 24.6. The number of methoxy groups -OCH3 is 1. The minimum atomic E-state index is -0.500. The summed E-state index contributed by atoms with van der Waals surface area (Å²) in [5.74, 6) is -0.0485. The van der Waals surface area contributed by atoms with E-state index in [4.69, 9.17) is 9.47 Å². The van der Waals surface area contributed by atoms with Crippen LogP contribution in [0.15, 0.2) is 48.0 Å². The highest BCUT2D eigenvalue weighted by molar-refractivity contribution is 6.10. The van der Waals surface area contributed by atoms with Gasteiger partial charge in [-0.3, -0.25) is 4.79 Å². The second-order valence-electron chi connectivity index (χ2n) is 7.45. The van der Waals surface area contributed by atoms with Gasteiger partial charge in [-0.25, -0.2) is 4.79 Å². The quantitative estimate of drug-likeness (QED) is 0.829. The largest absolute Gasteiger partial charge is 0.488 e. The maximum Gasteiger partial charge on any atom is 0.339 e. The lowest BCUT2D eigenvalue weighted by Crippen LogP contribution is -2.22. The molecular weight excluding hydrogens is 342 g/mol. The Morgan fingerprint density at radius 3 is 2.56 bits per heavy atom. The average molecular weight is 365 g/mol. The van der Waals surface area contributed by atoms with Gasteiger partial charge in [0.05, 0.1) is 23.9 Å². The van der Waals surface area contributed by atoms with Gasteiger partial charge in [-0.1, -0.05) is 39.0 Å². The maximum absolute atomic E-state index is 12.7. The van der Waals surface area contributed by atoms with Crippen molar-refractivity contribution >= 4 is 23.6 Å². The van der Waals surface area contributed by atoms with Crippen LogP contribution in [0.5, 0.6) is 5.75 Å². The van der Waals surface area contributed by atoms with Gasteiger partial charge in [-0.2, -0.15) is 0 Å². The van der Waals surface area contributed by atoms with Crippen molar-refractivity contribution in [1.29, 1.82) is 0 Å². The minimum absolute atomic E-state index is 0.00218. The third kappa shape index (κ3) is 4.03. The van der Waals surface area contributed by atoms with Gasteiger partial charge in [-0.05, 0) is 41.3 Å². The predicted octanol–water partition coefficient (Wildman–Crippen LogP) is 4.19. The number of hydrogen-bond donors (Lipinski definition) is 1. The minimum Gasteiger partial charge on any atom is -0.488 e. The molecule has 0 saturated carbocycles. The van der Waals surface area contributed by atoms with Gasteiger partial charge in [0.2, 0.25) is 0 Å². The van der Waals surface area contributed by atoms with Crippen molar-refractivity contribution < 1.29 is 19.1 Å². The van der Waals surface area contributed by atoms with E-state index in [1.807, 2.05) is 24.3 Å². The number of benzene rings is 2. The number of nitrogens with one attached hydrogen (secondary N) is 1. The fraction of sp³-hybridized carbons (Fsp3) is 0.273. The van der Waals surface area contributed by atoms with Crippen LogP contribution in [0.2, 0.25) is 0 Å². The van der Waals surface area contributed by atoms with Crippen LogP contribution >= 0.6 is 0 Å². The van der Waals surface area contributed by atoms with E-state index in [0.29, 0.717) is 16.8 Å². The van der Waals surface area contributed by atoms with Gasteiger partial charge < -0.3 is 14.8 Å². The molecule has 2 aromatic rings. The molecule has 2 aromatic carbocycles. The topological polar surface area (TPSA) is 64.6 Å². The molecule has 0 spiro atoms. The molecule has 0 saturated heterocycles. The molecule has 0 bridgehead atoms. The molecule has 1 N–H and O–H groups in total. The molecule has 0 fully saturated rings. The van der Waals surface area contributed by atoms with E-state index in [0.717, 1.165) is 11.3 Å². The van der Waals surface area contributed by atoms with Crippen LogP contribution < -0.4 is 10.1 Å². The van der Waals surface area contributed by atoms with Crippen molar-refractivity contribution in [2.75, 3.05) is 19.0 Å². The summed E-state index contributed by atoms with van der Waals surface area (Å²) in [6.07, 6.45) is 1.84. The number of fused-ring (bicyclic) bond motifs is 1. The van der Waals surface area contributed by atoms with Crippen molar-refractivity contribution in [3.8, 4) is 5.75 Å². The van der Waals surface area contributed by atoms with E-state index >= 15 is 0 Å². The summed E-state index contributed by atoms with van der Waals surface area (Å²) in [5.41, 5.74) is 3.25. The smallest absolute Gasteiger partial charge is 0.339 e. The SMILES string of the molecule is COC(=O)c1ccccc1NC(=O)C1=Cc2cc(C(C)(C)C)ccc2OC1. The predicted molar refractivity (Wildman–Crippen MR) is 105 cm³/mol. The molecule has 27 heavy (non-hydrogen) atoms. The summed E-state index contributed by atoms with van der Waals surface area (Å²) in [5, 5.41) is 2.78. The van der Waals surface area contributed by atoms with Crippen molar-refractivity contribution in [2.24, 2.45) is 0 Å². The maximum atomic E-state index is 12.7. The number of hydrogen-bond acceptors (Lipinski definition) is 4. The Morgan fingerprint density at radius 1 is 1.11 bits per heavy atom. The molecule has 1 aliphatic heterocycles. The lowest BCUT2D eigenvalue weighted by molar-refractivity contribution is -0.113. The standard InChI is InChI=1S/C22H23NO4/c1-22(2,3)16-9-10-19-14(12-16)11-15(13-27-19)20(24)23-18-8-6-5-7-17(18)21(25)26-4/h5-12H,13H2,1-4H3,(H,23,24). The molecule has 0 atom stereocenters. The number of carbonyl (C=O) groups excluding carboxylic acids is 2. The normalized spacial score (nSPS) is 13.1. The Kier molecular flexibility index (Phi) is 5.04. The van der Waals surface area contributed by atoms with Crippen molar-refractivity contribution in [1.82, 2.24) is 0 Å². The molecule has 0 radical (unpaired) electrons. The van der Waals surface area contributed by atoms with Crippen LogP contribution in [0.3, 0.4) is 0 Å². The molecule has 3 rings (SSSR count). The zero-order valence-corrected chi connectivity index (χ0v) is 16.0. The van der Waals surface area contributed by atoms with E-state index in [2.05, 4.69) is 26.1 Å². The van der Waals surface area contributed by atoms with Gasteiger partial charge in [0.25, 0.3) is 5.91 Å². The Labute approximate surface area is 159 Å². The third-order valence-electron chi connectivity index (χ3n) is 4.46. The fourth-order valence-electron chi connectivity index (χ4n) is 2.86. The first kappa shape index (κ1) is 18.7. The number of esters is 1. The van der Waals surface area contributed by atoms with Gasteiger partial charge in [0.15, 0.2) is 0 Å². The first-order chi connectivity index (χ1) is 12.8. The number of anilines is 1. The molecular formula is C22H23NO4. The molecule has 140 valence electrons. The molecule has 1 amide bonds. The average Bonchev–Trinajstić information content (AvgIpc) is 2.66. The molecule has 1 heterocycles. The zero-order valence-electron chi connectivity index (χ0n) is 16.0. The van der Waals surface area contributed by atoms with Gasteiger partial charge >= 0.3 is 5.97 Å². The Bertz CT molecular complexity index is 922. The van der Waals surface area contributed by atoms with Crippen LogP contribution in [0.25, 0.3) is 6.08 Å². The zero-order chi connectivity index (χ0) is 19.6. The van der Waals surface area contributed by atoms with E-state index in [1.54, 1.807) is 24.3 Å². The fourth-order valence-corrected chi connectivity index (χ4v) is 2.86. The van der Waals surface area contributed by atoms with Gasteiger partial charge in [0.1, 0.15) is 12.4 Å². The molecule has 0 aliphatic carbocycles. The molecule has 1 aliphatic rings. The van der Waals surface area contributed by atoms with E-state index in [9.17, 15) is 9.59 Å². The van der Waals surface area contributed by atoms with Crippen molar-refractivity contribution in [3.63, 3.8) is 0 Å². The number of para-hydroxylation sites is 1. The van der Waals surface area contributed by atoms with Crippen LogP contribution in [0, 0.1) is 0 Å². The van der Waals surface area contributed by atoms with Crippen LogP contribution in [0.4, 0.5) is 5.69 Å². The third-order valence-corrected chi connectivity index (χ3v) is 4.46. The summed E-state index contributed by atoms with van der Waals surface area (Å²) in [6.45, 7) is 6.59. The Balaban J connectivity index is 1.87. The molecule has 5 heteroatoms. The van der Waals surface area contributed by atoms with Gasteiger partial charge in [0, 0.05) is 5.56 Å². The highest BCUT2D eigenvalue weighted by atomic mass is 16.5. The summed E-state index contributed by atoms with van der Waals surface area (Å²) >= 11 is 0. The van der Waals surface area contributed by atoms with Crippen molar-refractivity contribution in [3.05, 3.63) is 64.7 Å². The molecule has 0 unspecified atom stereocenters. The first-order valence-electron chi connectivity index (χ1n) is 8.76. The Morgan fingerprint density at radius 2 is 1.85 bits per heavy atom. The van der Waals surface area contributed by atoms with E-state index in [-0.39, 0.29) is 17.9 Å². The van der Waals surface area contributed by atoms with E-state index < -0.39 is 5.97 Å². The summed E-state index contributed by atoms with van der Waals surface area (Å²) < 4.78 is 10.5. The molecule has 5 nitrogen and oxygen atoms in total. The monoisotopic (exact) mass is 365 g/mol. The second-order valence-corrected chi connectivity index (χ2v) is 7.45. The number of ether oxygens (including phenoxy) is 2.